The lowest BCUT2D eigenvalue weighted by molar-refractivity contribution is -0.116. The smallest absolute Gasteiger partial charge is 0.262 e. The van der Waals surface area contributed by atoms with Crippen LogP contribution in [0.5, 0.6) is 11.5 Å². The minimum atomic E-state index is -3.99. The van der Waals surface area contributed by atoms with Crippen molar-refractivity contribution in [3.8, 4) is 11.5 Å². The molecule has 0 saturated heterocycles. The van der Waals surface area contributed by atoms with Crippen LogP contribution in [0.4, 0.5) is 17.1 Å². The van der Waals surface area contributed by atoms with Crippen LogP contribution in [0.25, 0.3) is 0 Å². The molecular weight excluding hydrogens is 554 g/mol. The number of halogens is 1. The van der Waals surface area contributed by atoms with Gasteiger partial charge in [0.1, 0.15) is 17.5 Å². The number of carbonyl (C=O) groups excluding carboxylic acids is 1. The third-order valence-corrected chi connectivity index (χ3v) is 8.43. The van der Waals surface area contributed by atoms with E-state index in [1.165, 1.54) is 57.5 Å². The average molecular weight is 582 g/mol. The van der Waals surface area contributed by atoms with Gasteiger partial charge in [-0.2, -0.15) is 0 Å². The zero-order chi connectivity index (χ0) is 28.3. The predicted octanol–water partition coefficient (Wildman–Crippen LogP) is 4.26. The second-order valence-corrected chi connectivity index (χ2v) is 12.3. The first-order valence-electron chi connectivity index (χ1n) is 11.2. The van der Waals surface area contributed by atoms with Crippen molar-refractivity contribution in [1.29, 1.82) is 0 Å². The predicted molar refractivity (Wildman–Crippen MR) is 148 cm³/mol. The van der Waals surface area contributed by atoms with Crippen LogP contribution in [-0.4, -0.2) is 49.3 Å². The molecule has 0 bridgehead atoms. The monoisotopic (exact) mass is 581 g/mol. The van der Waals surface area contributed by atoms with Crippen molar-refractivity contribution in [3.05, 3.63) is 71.2 Å². The van der Waals surface area contributed by atoms with E-state index < -0.39 is 32.0 Å². The van der Waals surface area contributed by atoms with Gasteiger partial charge in [0, 0.05) is 16.8 Å². The molecule has 1 atom stereocenters. The van der Waals surface area contributed by atoms with E-state index in [1.54, 1.807) is 31.2 Å². The van der Waals surface area contributed by atoms with Crippen LogP contribution >= 0.6 is 11.6 Å². The number of benzene rings is 3. The number of anilines is 3. The van der Waals surface area contributed by atoms with E-state index in [0.29, 0.717) is 16.3 Å². The van der Waals surface area contributed by atoms with Crippen molar-refractivity contribution in [2.24, 2.45) is 0 Å². The van der Waals surface area contributed by atoms with E-state index in [0.717, 1.165) is 10.6 Å². The molecule has 0 aliphatic carbocycles. The summed E-state index contributed by atoms with van der Waals surface area (Å²) in [5.41, 5.74) is 1.40. The van der Waals surface area contributed by atoms with Crippen molar-refractivity contribution in [2.45, 2.75) is 24.8 Å². The Hall–Kier alpha value is -3.48. The van der Waals surface area contributed by atoms with Gasteiger partial charge in [-0.15, -0.1) is 0 Å². The van der Waals surface area contributed by atoms with E-state index in [4.69, 9.17) is 21.1 Å². The fraction of sp³-hybridized carbons (Fsp3) is 0.240. The van der Waals surface area contributed by atoms with Crippen LogP contribution in [-0.2, 0) is 24.8 Å². The van der Waals surface area contributed by atoms with Gasteiger partial charge < -0.3 is 14.8 Å². The summed E-state index contributed by atoms with van der Waals surface area (Å²) in [6.07, 6.45) is 1.00. The van der Waals surface area contributed by atoms with E-state index in [-0.39, 0.29) is 27.7 Å². The zero-order valence-electron chi connectivity index (χ0n) is 21.4. The molecule has 13 heteroatoms. The normalized spacial score (nSPS) is 12.4. The van der Waals surface area contributed by atoms with E-state index >= 15 is 0 Å². The number of aryl methyl sites for hydroxylation is 1. The minimum Gasteiger partial charge on any atom is -0.497 e. The summed E-state index contributed by atoms with van der Waals surface area (Å²) in [5.74, 6) is 0.154. The highest BCUT2D eigenvalue weighted by atomic mass is 35.5. The van der Waals surface area contributed by atoms with Gasteiger partial charge in [0.25, 0.3) is 10.0 Å². The van der Waals surface area contributed by atoms with Crippen molar-refractivity contribution in [1.82, 2.24) is 0 Å². The summed E-state index contributed by atoms with van der Waals surface area (Å²) in [4.78, 5) is 12.9. The molecular formula is C25H28ClN3O7S2. The maximum Gasteiger partial charge on any atom is 0.262 e. The standard InChI is InChI=1S/C25H28ClN3O7S2/c1-16-6-7-18(26)14-23(16)29(37(5,31)32)17(2)25(30)27-19-8-11-21(12-9-19)38(33,34)28-22-13-10-20(35-3)15-24(22)36-4/h6-15,17,28H,1-5H3,(H,27,30)/t17-/m0/s1. The van der Waals surface area contributed by atoms with Crippen LogP contribution in [0.3, 0.4) is 0 Å². The molecule has 3 aromatic carbocycles. The highest BCUT2D eigenvalue weighted by Crippen LogP contribution is 2.31. The summed E-state index contributed by atoms with van der Waals surface area (Å²) < 4.78 is 64.8. The first-order valence-corrected chi connectivity index (χ1v) is 14.9. The highest BCUT2D eigenvalue weighted by Gasteiger charge is 2.30. The Morgan fingerprint density at radius 1 is 0.947 bits per heavy atom. The van der Waals surface area contributed by atoms with Gasteiger partial charge >= 0.3 is 0 Å². The second kappa shape index (κ2) is 11.5. The fourth-order valence-corrected chi connectivity index (χ4v) is 6.11. The minimum absolute atomic E-state index is 0.0614. The largest absolute Gasteiger partial charge is 0.497 e. The van der Waals surface area contributed by atoms with Gasteiger partial charge in [-0.3, -0.25) is 13.8 Å². The maximum atomic E-state index is 13.0. The Balaban J connectivity index is 1.80. The second-order valence-electron chi connectivity index (χ2n) is 8.35. The van der Waals surface area contributed by atoms with Crippen molar-refractivity contribution in [2.75, 3.05) is 34.8 Å². The van der Waals surface area contributed by atoms with Crippen LogP contribution in [0, 0.1) is 6.92 Å². The fourth-order valence-electron chi connectivity index (χ4n) is 3.65. The summed E-state index contributed by atoms with van der Waals surface area (Å²) in [5, 5.41) is 2.95. The Morgan fingerprint density at radius 2 is 1.61 bits per heavy atom. The Kier molecular flexibility index (Phi) is 8.80. The van der Waals surface area contributed by atoms with Gasteiger partial charge in [0.05, 0.1) is 36.7 Å². The Bertz CT molecular complexity index is 1540. The van der Waals surface area contributed by atoms with Crippen molar-refractivity contribution in [3.63, 3.8) is 0 Å². The number of hydrogen-bond donors (Lipinski definition) is 2. The Morgan fingerprint density at radius 3 is 2.18 bits per heavy atom. The molecule has 0 aliphatic rings. The van der Waals surface area contributed by atoms with Crippen molar-refractivity contribution >= 4 is 54.6 Å². The number of amides is 1. The van der Waals surface area contributed by atoms with Gasteiger partial charge in [0.2, 0.25) is 15.9 Å². The number of methoxy groups -OCH3 is 2. The van der Waals surface area contributed by atoms with E-state index in [9.17, 15) is 21.6 Å². The summed E-state index contributed by atoms with van der Waals surface area (Å²) in [6, 6.07) is 13.7. The molecule has 0 aromatic heterocycles. The van der Waals surface area contributed by atoms with E-state index in [2.05, 4.69) is 10.0 Å². The lowest BCUT2D eigenvalue weighted by Gasteiger charge is -2.29. The molecule has 0 unspecified atom stereocenters. The third kappa shape index (κ3) is 6.69. The molecule has 2 N–H and O–H groups in total. The number of nitrogens with one attached hydrogen (secondary N) is 2. The SMILES string of the molecule is COc1ccc(NS(=O)(=O)c2ccc(NC(=O)[C@H](C)N(c3cc(Cl)ccc3C)S(C)(=O)=O)cc2)c(OC)c1. The molecule has 38 heavy (non-hydrogen) atoms. The van der Waals surface area contributed by atoms with Crippen LogP contribution in [0.15, 0.2) is 65.6 Å². The first-order chi connectivity index (χ1) is 17.8. The quantitative estimate of drug-likeness (QED) is 0.366. The highest BCUT2D eigenvalue weighted by molar-refractivity contribution is 7.92. The maximum absolute atomic E-state index is 13.0. The van der Waals surface area contributed by atoms with Gasteiger partial charge in [0.15, 0.2) is 0 Å². The molecule has 0 saturated carbocycles. The molecule has 1 amide bonds. The molecule has 0 radical (unpaired) electrons. The number of nitrogens with zero attached hydrogens (tertiary/aromatic N) is 1. The summed E-state index contributed by atoms with van der Waals surface area (Å²) in [7, 11) is -4.95. The Labute approximate surface area is 227 Å². The van der Waals surface area contributed by atoms with Crippen LogP contribution < -0.4 is 23.8 Å². The molecule has 0 spiro atoms. The van der Waals surface area contributed by atoms with Crippen LogP contribution in [0.2, 0.25) is 5.02 Å². The van der Waals surface area contributed by atoms with E-state index in [1.807, 2.05) is 0 Å². The van der Waals surface area contributed by atoms with Crippen LogP contribution in [0.1, 0.15) is 12.5 Å². The molecule has 3 aromatic rings. The average Bonchev–Trinajstić information content (AvgIpc) is 2.85. The number of rotatable bonds is 10. The number of sulfonamides is 2. The number of hydrogen-bond acceptors (Lipinski definition) is 7. The first kappa shape index (κ1) is 29.1. The molecule has 0 aliphatic heterocycles. The van der Waals surface area contributed by atoms with Gasteiger partial charge in [-0.1, -0.05) is 17.7 Å². The topological polar surface area (TPSA) is 131 Å². The van der Waals surface area contributed by atoms with Crippen molar-refractivity contribution < 1.29 is 31.1 Å². The zero-order valence-corrected chi connectivity index (χ0v) is 23.7. The lowest BCUT2D eigenvalue weighted by atomic mass is 10.1. The molecule has 0 fully saturated rings. The molecule has 0 heterocycles. The molecule has 3 rings (SSSR count). The molecule has 204 valence electrons. The molecule has 10 nitrogen and oxygen atoms in total. The number of ether oxygens (including phenoxy) is 2. The number of carbonyl (C=O) groups is 1. The van der Waals surface area contributed by atoms with Gasteiger partial charge in [-0.25, -0.2) is 16.8 Å². The third-order valence-electron chi connectivity index (χ3n) is 5.58. The van der Waals surface area contributed by atoms with Gasteiger partial charge in [-0.05, 0) is 67.9 Å². The summed E-state index contributed by atoms with van der Waals surface area (Å²) >= 11 is 6.07. The summed E-state index contributed by atoms with van der Waals surface area (Å²) in [6.45, 7) is 3.16. The lowest BCUT2D eigenvalue weighted by Crippen LogP contribution is -2.45.